The van der Waals surface area contributed by atoms with Crippen LogP contribution in [0.4, 0.5) is 0 Å². The number of nitrogens with one attached hydrogen (secondary N) is 1. The zero-order chi connectivity index (χ0) is 19.2. The van der Waals surface area contributed by atoms with Crippen LogP contribution in [-0.2, 0) is 6.54 Å². The number of halogens is 1. The van der Waals surface area contributed by atoms with E-state index in [0.29, 0.717) is 0 Å². The van der Waals surface area contributed by atoms with Crippen molar-refractivity contribution < 1.29 is 0 Å². The van der Waals surface area contributed by atoms with Gasteiger partial charge in [0.25, 0.3) is 0 Å². The second kappa shape index (κ2) is 8.84. The van der Waals surface area contributed by atoms with Gasteiger partial charge in [0.2, 0.25) is 0 Å². The molecule has 0 aliphatic carbocycles. The molecule has 1 nitrogen and oxygen atoms in total. The first-order chi connectivity index (χ1) is 13.8. The van der Waals surface area contributed by atoms with Crippen LogP contribution in [0.25, 0.3) is 0 Å². The molecule has 0 saturated carbocycles. The van der Waals surface area contributed by atoms with Gasteiger partial charge in [0.15, 0.2) is 7.41 Å². The minimum atomic E-state index is -2.00. The summed E-state index contributed by atoms with van der Waals surface area (Å²) < 4.78 is 1.11. The largest absolute Gasteiger partial charge is 0.178 e. The van der Waals surface area contributed by atoms with Crippen LogP contribution < -0.4 is 21.0 Å². The normalized spacial score (nSPS) is 11.3. The lowest BCUT2D eigenvalue weighted by atomic mass is 10.2. The third-order valence-corrected chi connectivity index (χ3v) is 9.18. The Bertz CT molecular complexity index is 923. The van der Waals surface area contributed by atoms with Crippen LogP contribution >= 0.6 is 23.3 Å². The van der Waals surface area contributed by atoms with E-state index < -0.39 is 7.41 Å². The molecule has 4 rings (SSSR count). The molecular formula is C25H22BrNP+. The summed E-state index contributed by atoms with van der Waals surface area (Å²) in [5.41, 5.74) is 1.27. The Morgan fingerprint density at radius 1 is 0.571 bits per heavy atom. The Morgan fingerprint density at radius 2 is 1.04 bits per heavy atom. The summed E-state index contributed by atoms with van der Waals surface area (Å²) in [6.45, 7) is 0.798. The van der Waals surface area contributed by atoms with Crippen LogP contribution in [0.3, 0.4) is 0 Å². The average Bonchev–Trinajstić information content (AvgIpc) is 2.77. The highest BCUT2D eigenvalue weighted by molar-refractivity contribution is 9.10. The Labute approximate surface area is 176 Å². The minimum Gasteiger partial charge on any atom is -0.174 e. The van der Waals surface area contributed by atoms with Crippen LogP contribution in [0.15, 0.2) is 120 Å². The molecule has 0 aromatic heterocycles. The van der Waals surface area contributed by atoms with Crippen LogP contribution in [-0.4, -0.2) is 0 Å². The van der Waals surface area contributed by atoms with Gasteiger partial charge in [-0.2, -0.15) is 5.09 Å². The fraction of sp³-hybridized carbons (Fsp3) is 0.0400. The molecule has 0 bridgehead atoms. The molecule has 0 saturated heterocycles. The number of rotatable bonds is 6. The van der Waals surface area contributed by atoms with Crippen molar-refractivity contribution in [3.05, 3.63) is 125 Å². The third kappa shape index (κ3) is 3.95. The molecule has 0 fully saturated rings. The van der Waals surface area contributed by atoms with Crippen molar-refractivity contribution in [3.8, 4) is 0 Å². The average molecular weight is 447 g/mol. The molecule has 0 aliphatic rings. The SMILES string of the molecule is Brc1cccc(CN[P+](c2ccccc2)(c2ccccc2)c2ccccc2)c1. The van der Waals surface area contributed by atoms with Gasteiger partial charge in [-0.1, -0.05) is 82.7 Å². The maximum Gasteiger partial charge on any atom is 0.178 e. The van der Waals surface area contributed by atoms with E-state index in [9.17, 15) is 0 Å². The molecule has 3 heteroatoms. The Hall–Kier alpha value is -2.25. The first kappa shape index (κ1) is 19.1. The van der Waals surface area contributed by atoms with Crippen molar-refractivity contribution >= 4 is 39.3 Å². The molecule has 0 atom stereocenters. The van der Waals surface area contributed by atoms with Gasteiger partial charge in [0.05, 0.1) is 6.54 Å². The second-order valence-electron chi connectivity index (χ2n) is 6.64. The summed E-state index contributed by atoms with van der Waals surface area (Å²) in [5, 5.41) is 8.02. The van der Waals surface area contributed by atoms with Gasteiger partial charge >= 0.3 is 0 Å². The maximum absolute atomic E-state index is 4.02. The second-order valence-corrected chi connectivity index (χ2v) is 10.8. The maximum atomic E-state index is 4.02. The van der Waals surface area contributed by atoms with E-state index in [2.05, 4.69) is 136 Å². The Kier molecular flexibility index (Phi) is 6.02. The van der Waals surface area contributed by atoms with Gasteiger partial charge in [0, 0.05) is 4.47 Å². The molecule has 4 aromatic carbocycles. The number of hydrogen-bond acceptors (Lipinski definition) is 1. The van der Waals surface area contributed by atoms with E-state index in [1.165, 1.54) is 21.5 Å². The third-order valence-electron chi connectivity index (χ3n) is 4.84. The summed E-state index contributed by atoms with van der Waals surface area (Å²) >= 11 is 3.60. The van der Waals surface area contributed by atoms with E-state index in [1.54, 1.807) is 0 Å². The summed E-state index contributed by atoms with van der Waals surface area (Å²) in [5.74, 6) is 0. The van der Waals surface area contributed by atoms with Crippen molar-refractivity contribution in [2.24, 2.45) is 0 Å². The van der Waals surface area contributed by atoms with Crippen molar-refractivity contribution in [1.29, 1.82) is 0 Å². The molecule has 28 heavy (non-hydrogen) atoms. The van der Waals surface area contributed by atoms with E-state index in [1.807, 2.05) is 0 Å². The molecule has 0 unspecified atom stereocenters. The first-order valence-electron chi connectivity index (χ1n) is 9.34. The van der Waals surface area contributed by atoms with Gasteiger partial charge < -0.3 is 0 Å². The molecule has 0 aliphatic heterocycles. The van der Waals surface area contributed by atoms with E-state index in [-0.39, 0.29) is 0 Å². The standard InChI is InChI=1S/C25H22BrNP/c26-22-12-10-11-21(19-22)20-27-28(23-13-4-1-5-14-23,24-15-6-2-7-16-24)25-17-8-3-9-18-25/h1-19,27H,20H2/q+1. The Morgan fingerprint density at radius 3 is 1.46 bits per heavy atom. The zero-order valence-electron chi connectivity index (χ0n) is 15.5. The highest BCUT2D eigenvalue weighted by Crippen LogP contribution is 2.51. The predicted molar refractivity (Wildman–Crippen MR) is 126 cm³/mol. The van der Waals surface area contributed by atoms with Gasteiger partial charge in [-0.05, 0) is 54.1 Å². The van der Waals surface area contributed by atoms with Gasteiger partial charge in [0.1, 0.15) is 15.9 Å². The fourth-order valence-corrected chi connectivity index (χ4v) is 7.70. The lowest BCUT2D eigenvalue weighted by Gasteiger charge is -2.28. The van der Waals surface area contributed by atoms with Crippen molar-refractivity contribution in [3.63, 3.8) is 0 Å². The lowest BCUT2D eigenvalue weighted by molar-refractivity contribution is 0.960. The van der Waals surface area contributed by atoms with E-state index >= 15 is 0 Å². The quantitative estimate of drug-likeness (QED) is 0.388. The van der Waals surface area contributed by atoms with Gasteiger partial charge in [-0.25, -0.2) is 0 Å². The molecule has 1 N–H and O–H groups in total. The van der Waals surface area contributed by atoms with Gasteiger partial charge in [-0.3, -0.25) is 0 Å². The first-order valence-corrected chi connectivity index (χ1v) is 11.9. The summed E-state index contributed by atoms with van der Waals surface area (Å²) in [6, 6.07) is 41.1. The molecule has 0 radical (unpaired) electrons. The van der Waals surface area contributed by atoms with Crippen LogP contribution in [0.2, 0.25) is 0 Å². The van der Waals surface area contributed by atoms with Crippen molar-refractivity contribution in [2.45, 2.75) is 6.54 Å². The topological polar surface area (TPSA) is 12.0 Å². The summed E-state index contributed by atoms with van der Waals surface area (Å²) in [4.78, 5) is 0. The number of hydrogen-bond donors (Lipinski definition) is 1. The van der Waals surface area contributed by atoms with E-state index in [4.69, 9.17) is 0 Å². The number of benzene rings is 4. The molecule has 0 amide bonds. The highest BCUT2D eigenvalue weighted by atomic mass is 79.9. The molecule has 0 spiro atoms. The monoisotopic (exact) mass is 446 g/mol. The van der Waals surface area contributed by atoms with Crippen molar-refractivity contribution in [1.82, 2.24) is 5.09 Å². The molecular weight excluding hydrogens is 425 g/mol. The smallest absolute Gasteiger partial charge is 0.174 e. The molecule has 4 aromatic rings. The fourth-order valence-electron chi connectivity index (χ4n) is 3.53. The highest BCUT2D eigenvalue weighted by Gasteiger charge is 2.45. The van der Waals surface area contributed by atoms with E-state index in [0.717, 1.165) is 11.0 Å². The van der Waals surface area contributed by atoms with Crippen LogP contribution in [0.1, 0.15) is 5.56 Å². The van der Waals surface area contributed by atoms with Crippen LogP contribution in [0.5, 0.6) is 0 Å². The van der Waals surface area contributed by atoms with Crippen molar-refractivity contribution in [2.75, 3.05) is 0 Å². The minimum absolute atomic E-state index is 0.798. The molecule has 0 heterocycles. The van der Waals surface area contributed by atoms with Crippen LogP contribution in [0, 0.1) is 0 Å². The Balaban J connectivity index is 1.88. The summed E-state index contributed by atoms with van der Waals surface area (Å²) in [6.07, 6.45) is 0. The van der Waals surface area contributed by atoms with Gasteiger partial charge in [-0.15, -0.1) is 0 Å². The zero-order valence-corrected chi connectivity index (χ0v) is 18.0. The predicted octanol–water partition coefficient (Wildman–Crippen LogP) is 5.45. The summed E-state index contributed by atoms with van der Waals surface area (Å²) in [7, 11) is -2.00. The molecule has 138 valence electrons. The lowest BCUT2D eigenvalue weighted by Crippen LogP contribution is -2.40.